The van der Waals surface area contributed by atoms with E-state index in [4.69, 9.17) is 4.74 Å². The second-order valence-electron chi connectivity index (χ2n) is 6.31. The number of phenols is 1. The van der Waals surface area contributed by atoms with Gasteiger partial charge in [-0.2, -0.15) is 0 Å². The maximum Gasteiger partial charge on any atom is 0.407 e. The van der Waals surface area contributed by atoms with Gasteiger partial charge in [0.15, 0.2) is 0 Å². The summed E-state index contributed by atoms with van der Waals surface area (Å²) in [6, 6.07) is 6.92. The smallest absolute Gasteiger partial charge is 0.407 e. The van der Waals surface area contributed by atoms with E-state index in [9.17, 15) is 9.90 Å². The van der Waals surface area contributed by atoms with Crippen LogP contribution in [-0.2, 0) is 4.74 Å². The summed E-state index contributed by atoms with van der Waals surface area (Å²) in [5.74, 6) is 0.243. The van der Waals surface area contributed by atoms with Crippen LogP contribution in [0.1, 0.15) is 33.6 Å². The Balaban J connectivity index is 1.83. The summed E-state index contributed by atoms with van der Waals surface area (Å²) in [4.78, 5) is 11.6. The van der Waals surface area contributed by atoms with E-state index in [0.717, 1.165) is 18.5 Å². The number of alkyl carbamates (subject to hydrolysis) is 1. The Hall–Kier alpha value is -1.91. The van der Waals surface area contributed by atoms with Crippen molar-refractivity contribution >= 4 is 11.8 Å². The number of ether oxygens (including phenoxy) is 1. The first kappa shape index (κ1) is 14.5. The molecule has 2 rings (SSSR count). The summed E-state index contributed by atoms with van der Waals surface area (Å²) in [6.45, 7) is 6.05. The molecule has 0 aromatic heterocycles. The molecule has 1 aliphatic rings. The third-order valence-electron chi connectivity index (χ3n) is 3.10. The lowest BCUT2D eigenvalue weighted by atomic mass is 10.2. The minimum Gasteiger partial charge on any atom is -0.508 e. The quantitative estimate of drug-likeness (QED) is 0.741. The van der Waals surface area contributed by atoms with E-state index in [1.165, 1.54) is 0 Å². The lowest BCUT2D eigenvalue weighted by Crippen LogP contribution is -2.40. The number of rotatable bonds is 4. The van der Waals surface area contributed by atoms with Gasteiger partial charge in [-0.15, -0.1) is 0 Å². The van der Waals surface area contributed by atoms with E-state index in [2.05, 4.69) is 10.6 Å². The van der Waals surface area contributed by atoms with Gasteiger partial charge in [0.25, 0.3) is 0 Å². The number of amides is 1. The lowest BCUT2D eigenvalue weighted by molar-refractivity contribution is 0.0524. The molecular weight excluding hydrogens is 256 g/mol. The summed E-state index contributed by atoms with van der Waals surface area (Å²) < 4.78 is 5.22. The van der Waals surface area contributed by atoms with E-state index >= 15 is 0 Å². The fourth-order valence-electron chi connectivity index (χ4n) is 1.90. The van der Waals surface area contributed by atoms with Gasteiger partial charge in [-0.3, -0.25) is 0 Å². The summed E-state index contributed by atoms with van der Waals surface area (Å²) >= 11 is 0. The second kappa shape index (κ2) is 5.23. The standard InChI is InChI=1S/C15H22N2O3/c1-14(2,3)20-13(19)16-10-15(8-9-15)17-11-4-6-12(18)7-5-11/h4-7,17-18H,8-10H2,1-3H3,(H,16,19). The number of phenolic OH excluding ortho intramolecular Hbond substituents is 1. The van der Waals surface area contributed by atoms with E-state index in [1.807, 2.05) is 32.9 Å². The van der Waals surface area contributed by atoms with Crippen LogP contribution in [0.4, 0.5) is 10.5 Å². The SMILES string of the molecule is CC(C)(C)OC(=O)NCC1(Nc2ccc(O)cc2)CC1. The van der Waals surface area contributed by atoms with Crippen LogP contribution in [0.3, 0.4) is 0 Å². The van der Waals surface area contributed by atoms with Crippen LogP contribution in [0.5, 0.6) is 5.75 Å². The van der Waals surface area contributed by atoms with Crippen LogP contribution in [0.25, 0.3) is 0 Å². The van der Waals surface area contributed by atoms with E-state index in [0.29, 0.717) is 6.54 Å². The van der Waals surface area contributed by atoms with Gasteiger partial charge in [-0.05, 0) is 57.9 Å². The summed E-state index contributed by atoms with van der Waals surface area (Å²) in [7, 11) is 0. The van der Waals surface area contributed by atoms with Crippen molar-refractivity contribution < 1.29 is 14.6 Å². The highest BCUT2D eigenvalue weighted by atomic mass is 16.6. The third kappa shape index (κ3) is 4.33. The predicted molar refractivity (Wildman–Crippen MR) is 77.9 cm³/mol. The third-order valence-corrected chi connectivity index (χ3v) is 3.10. The van der Waals surface area contributed by atoms with E-state index in [-0.39, 0.29) is 11.3 Å². The minimum atomic E-state index is -0.481. The van der Waals surface area contributed by atoms with Crippen LogP contribution >= 0.6 is 0 Å². The molecule has 0 spiro atoms. The molecule has 0 unspecified atom stereocenters. The van der Waals surface area contributed by atoms with Gasteiger partial charge in [0, 0.05) is 12.2 Å². The highest BCUT2D eigenvalue weighted by Gasteiger charge is 2.43. The fraction of sp³-hybridized carbons (Fsp3) is 0.533. The molecule has 0 atom stereocenters. The Morgan fingerprint density at radius 3 is 2.40 bits per heavy atom. The molecule has 20 heavy (non-hydrogen) atoms. The molecule has 5 nitrogen and oxygen atoms in total. The van der Waals surface area contributed by atoms with Gasteiger partial charge >= 0.3 is 6.09 Å². The van der Waals surface area contributed by atoms with Crippen molar-refractivity contribution in [2.75, 3.05) is 11.9 Å². The molecule has 0 heterocycles. The zero-order chi connectivity index (χ0) is 14.8. The van der Waals surface area contributed by atoms with Crippen molar-refractivity contribution in [3.8, 4) is 5.75 Å². The van der Waals surface area contributed by atoms with Gasteiger partial charge in [0.1, 0.15) is 11.4 Å². The Bertz CT molecular complexity index is 473. The van der Waals surface area contributed by atoms with Crippen LogP contribution in [-0.4, -0.2) is 28.9 Å². The first-order valence-corrected chi connectivity index (χ1v) is 6.82. The topological polar surface area (TPSA) is 70.6 Å². The van der Waals surface area contributed by atoms with Gasteiger partial charge < -0.3 is 20.5 Å². The lowest BCUT2D eigenvalue weighted by Gasteiger charge is -2.23. The number of benzene rings is 1. The Morgan fingerprint density at radius 2 is 1.90 bits per heavy atom. The number of carbonyl (C=O) groups is 1. The molecule has 3 N–H and O–H groups in total. The number of anilines is 1. The molecule has 0 saturated heterocycles. The van der Waals surface area contributed by atoms with E-state index < -0.39 is 11.7 Å². The molecule has 1 aromatic rings. The maximum atomic E-state index is 11.6. The first-order valence-electron chi connectivity index (χ1n) is 6.82. The highest BCUT2D eigenvalue weighted by Crippen LogP contribution is 2.38. The second-order valence-corrected chi connectivity index (χ2v) is 6.31. The number of aromatic hydroxyl groups is 1. The van der Waals surface area contributed by atoms with Crippen LogP contribution in [0.2, 0.25) is 0 Å². The van der Waals surface area contributed by atoms with Gasteiger partial charge in [-0.1, -0.05) is 0 Å². The number of carbonyl (C=O) groups excluding carboxylic acids is 1. The van der Waals surface area contributed by atoms with Gasteiger partial charge in [0.2, 0.25) is 0 Å². The molecule has 5 heteroatoms. The van der Waals surface area contributed by atoms with Crippen LogP contribution in [0.15, 0.2) is 24.3 Å². The monoisotopic (exact) mass is 278 g/mol. The molecule has 110 valence electrons. The molecule has 0 bridgehead atoms. The minimum absolute atomic E-state index is 0.0894. The Kier molecular flexibility index (Phi) is 3.79. The van der Waals surface area contributed by atoms with Crippen molar-refractivity contribution in [3.63, 3.8) is 0 Å². The Labute approximate surface area is 119 Å². The van der Waals surface area contributed by atoms with E-state index in [1.54, 1.807) is 12.1 Å². The molecule has 1 saturated carbocycles. The van der Waals surface area contributed by atoms with Crippen molar-refractivity contribution in [1.82, 2.24) is 5.32 Å². The van der Waals surface area contributed by atoms with Crippen LogP contribution < -0.4 is 10.6 Å². The fourth-order valence-corrected chi connectivity index (χ4v) is 1.90. The molecule has 1 aromatic carbocycles. The summed E-state index contributed by atoms with van der Waals surface area (Å²) in [5, 5.41) is 15.4. The number of hydrogen-bond acceptors (Lipinski definition) is 4. The van der Waals surface area contributed by atoms with Crippen LogP contribution in [0, 0.1) is 0 Å². The van der Waals surface area contributed by atoms with Crippen molar-refractivity contribution in [1.29, 1.82) is 0 Å². The molecule has 0 radical (unpaired) electrons. The predicted octanol–water partition coefficient (Wildman–Crippen LogP) is 2.86. The molecular formula is C15H22N2O3. The van der Waals surface area contributed by atoms with Crippen molar-refractivity contribution in [2.24, 2.45) is 0 Å². The first-order chi connectivity index (χ1) is 9.28. The molecule has 1 fully saturated rings. The normalized spacial score (nSPS) is 16.4. The maximum absolute atomic E-state index is 11.6. The Morgan fingerprint density at radius 1 is 1.30 bits per heavy atom. The molecule has 1 aliphatic carbocycles. The van der Waals surface area contributed by atoms with Gasteiger partial charge in [0.05, 0.1) is 5.54 Å². The summed E-state index contributed by atoms with van der Waals surface area (Å²) in [5.41, 5.74) is 0.366. The molecule has 1 amide bonds. The zero-order valence-corrected chi connectivity index (χ0v) is 12.2. The van der Waals surface area contributed by atoms with Crippen molar-refractivity contribution in [2.45, 2.75) is 44.8 Å². The zero-order valence-electron chi connectivity index (χ0n) is 12.2. The van der Waals surface area contributed by atoms with Crippen molar-refractivity contribution in [3.05, 3.63) is 24.3 Å². The largest absolute Gasteiger partial charge is 0.508 e. The average Bonchev–Trinajstić information content (AvgIpc) is 3.08. The summed E-state index contributed by atoms with van der Waals surface area (Å²) in [6.07, 6.45) is 1.61. The number of hydrogen-bond donors (Lipinski definition) is 3. The average molecular weight is 278 g/mol. The molecule has 0 aliphatic heterocycles. The number of nitrogens with one attached hydrogen (secondary N) is 2. The van der Waals surface area contributed by atoms with Gasteiger partial charge in [-0.25, -0.2) is 4.79 Å². The highest BCUT2D eigenvalue weighted by molar-refractivity contribution is 5.68.